The van der Waals surface area contributed by atoms with Gasteiger partial charge in [-0.05, 0) is 31.8 Å². The van der Waals surface area contributed by atoms with Gasteiger partial charge in [-0.2, -0.15) is 0 Å². The monoisotopic (exact) mass is 347 g/mol. The second kappa shape index (κ2) is 8.04. The normalized spacial score (nSPS) is 13.4. The molecule has 0 saturated heterocycles. The molecule has 7 nitrogen and oxygen atoms in total. The molecule has 136 valence electrons. The first-order valence-electron chi connectivity index (χ1n) is 7.78. The molecule has 0 fully saturated rings. The summed E-state index contributed by atoms with van der Waals surface area (Å²) < 4.78 is 17.9. The predicted octanol–water partition coefficient (Wildman–Crippen LogP) is 2.35. The van der Waals surface area contributed by atoms with Crippen molar-refractivity contribution in [3.63, 3.8) is 0 Å². The molecule has 0 aliphatic rings. The number of ether oxygens (including phenoxy) is 3. The number of imidazole rings is 1. The molecule has 1 aromatic heterocycles. The topological polar surface area (TPSA) is 69.0 Å². The number of benzene rings is 1. The van der Waals surface area contributed by atoms with Gasteiger partial charge in [0.1, 0.15) is 11.9 Å². The minimum atomic E-state index is -0.871. The molecule has 2 rings (SSSR count). The van der Waals surface area contributed by atoms with Crippen LogP contribution in [0.15, 0.2) is 31.1 Å². The Bertz CT molecular complexity index is 702. The fourth-order valence-electron chi connectivity index (χ4n) is 2.82. The maximum Gasteiger partial charge on any atom is 0.203 e. The van der Waals surface area contributed by atoms with E-state index in [9.17, 15) is 5.11 Å². The Balaban J connectivity index is 2.53. The van der Waals surface area contributed by atoms with Gasteiger partial charge in [0.25, 0.3) is 0 Å². The summed E-state index contributed by atoms with van der Waals surface area (Å²) in [4.78, 5) is 6.28. The molecule has 0 amide bonds. The third-order valence-corrected chi connectivity index (χ3v) is 4.04. The summed E-state index contributed by atoms with van der Waals surface area (Å²) in [7, 11) is 8.39. The molecule has 0 aliphatic carbocycles. The highest BCUT2D eigenvalue weighted by Crippen LogP contribution is 2.42. The van der Waals surface area contributed by atoms with Crippen molar-refractivity contribution in [1.82, 2.24) is 14.5 Å². The van der Waals surface area contributed by atoms with Gasteiger partial charge in [0.15, 0.2) is 11.5 Å². The number of likely N-dealkylation sites (N-methyl/N-ethyl adjacent to an activating group) is 1. The zero-order valence-electron chi connectivity index (χ0n) is 15.3. The Morgan fingerprint density at radius 2 is 1.76 bits per heavy atom. The lowest BCUT2D eigenvalue weighted by molar-refractivity contribution is 0.0695. The Morgan fingerprint density at radius 1 is 1.16 bits per heavy atom. The van der Waals surface area contributed by atoms with Crippen LogP contribution in [0.25, 0.3) is 6.20 Å². The minimum Gasteiger partial charge on any atom is -0.493 e. The smallest absolute Gasteiger partial charge is 0.203 e. The first-order chi connectivity index (χ1) is 12.0. The van der Waals surface area contributed by atoms with E-state index < -0.39 is 12.1 Å². The highest BCUT2D eigenvalue weighted by atomic mass is 16.5. The van der Waals surface area contributed by atoms with Crippen molar-refractivity contribution in [3.05, 3.63) is 42.5 Å². The number of nitrogens with zero attached hydrogens (tertiary/aromatic N) is 3. The van der Waals surface area contributed by atoms with E-state index >= 15 is 0 Å². The highest BCUT2D eigenvalue weighted by Gasteiger charge is 2.30. The van der Waals surface area contributed by atoms with Gasteiger partial charge in [-0.1, -0.05) is 6.58 Å². The van der Waals surface area contributed by atoms with Gasteiger partial charge in [-0.3, -0.25) is 4.90 Å². The minimum absolute atomic E-state index is 0.393. The van der Waals surface area contributed by atoms with E-state index in [0.29, 0.717) is 28.6 Å². The molecule has 0 saturated carbocycles. The van der Waals surface area contributed by atoms with Crippen LogP contribution in [0, 0.1) is 0 Å². The number of methoxy groups -OCH3 is 3. The molecule has 25 heavy (non-hydrogen) atoms. The number of aliphatic hydroxyl groups is 1. The van der Waals surface area contributed by atoms with E-state index in [0.717, 1.165) is 0 Å². The van der Waals surface area contributed by atoms with Gasteiger partial charge in [-0.15, -0.1) is 0 Å². The van der Waals surface area contributed by atoms with Crippen LogP contribution in [-0.2, 0) is 0 Å². The van der Waals surface area contributed by atoms with Crippen molar-refractivity contribution in [2.75, 3.05) is 35.4 Å². The lowest BCUT2D eigenvalue weighted by Gasteiger charge is -2.29. The molecule has 0 spiro atoms. The number of aromatic nitrogens is 2. The lowest BCUT2D eigenvalue weighted by Crippen LogP contribution is -2.28. The lowest BCUT2D eigenvalue weighted by atomic mass is 9.99. The van der Waals surface area contributed by atoms with Crippen LogP contribution in [0.2, 0.25) is 0 Å². The maximum atomic E-state index is 11.1. The molecule has 7 heteroatoms. The van der Waals surface area contributed by atoms with Crippen molar-refractivity contribution in [1.29, 1.82) is 0 Å². The van der Waals surface area contributed by atoms with Gasteiger partial charge in [0, 0.05) is 18.6 Å². The zero-order chi connectivity index (χ0) is 18.6. The van der Waals surface area contributed by atoms with Crippen LogP contribution in [0.3, 0.4) is 0 Å². The molecule has 0 radical (unpaired) electrons. The average molecular weight is 347 g/mol. The van der Waals surface area contributed by atoms with Crippen LogP contribution < -0.4 is 14.2 Å². The molecule has 1 N–H and O–H groups in total. The Morgan fingerprint density at radius 3 is 2.20 bits per heavy atom. The van der Waals surface area contributed by atoms with Crippen molar-refractivity contribution < 1.29 is 19.3 Å². The van der Waals surface area contributed by atoms with Crippen molar-refractivity contribution in [2.45, 2.75) is 12.1 Å². The molecular weight excluding hydrogens is 322 g/mol. The Labute approximate surface area is 148 Å². The van der Waals surface area contributed by atoms with Crippen LogP contribution >= 0.6 is 0 Å². The van der Waals surface area contributed by atoms with E-state index in [1.54, 1.807) is 56.6 Å². The molecule has 0 aliphatic heterocycles. The third-order valence-electron chi connectivity index (χ3n) is 4.04. The standard InChI is InChI=1S/C18H25N3O4/c1-7-21-9-8-19-18(21)15(20(2)3)16(22)12-10-13(23-4)17(25-6)14(11-12)24-5/h7-11,15-16,22H,1H2,2-6H3. The predicted molar refractivity (Wildman–Crippen MR) is 96.1 cm³/mol. The summed E-state index contributed by atoms with van der Waals surface area (Å²) in [5, 5.41) is 11.1. The van der Waals surface area contributed by atoms with Gasteiger partial charge < -0.3 is 23.9 Å². The maximum absolute atomic E-state index is 11.1. The van der Waals surface area contributed by atoms with Crippen LogP contribution in [0.4, 0.5) is 0 Å². The molecule has 0 bridgehead atoms. The second-order valence-electron chi connectivity index (χ2n) is 5.69. The first kappa shape index (κ1) is 18.8. The number of aliphatic hydroxyl groups excluding tert-OH is 1. The summed E-state index contributed by atoms with van der Waals surface area (Å²) in [6, 6.07) is 3.09. The summed E-state index contributed by atoms with van der Waals surface area (Å²) in [6.07, 6.45) is 4.25. The molecule has 2 unspecified atom stereocenters. The third kappa shape index (κ3) is 3.62. The van der Waals surface area contributed by atoms with Gasteiger partial charge in [0.2, 0.25) is 5.75 Å². The van der Waals surface area contributed by atoms with E-state index in [1.165, 1.54) is 0 Å². The summed E-state index contributed by atoms with van der Waals surface area (Å²) >= 11 is 0. The van der Waals surface area contributed by atoms with Crippen LogP contribution in [0.5, 0.6) is 17.2 Å². The quantitative estimate of drug-likeness (QED) is 0.790. The van der Waals surface area contributed by atoms with Crippen LogP contribution in [-0.4, -0.2) is 55.0 Å². The second-order valence-corrected chi connectivity index (χ2v) is 5.69. The van der Waals surface area contributed by atoms with E-state index in [-0.39, 0.29) is 0 Å². The first-order valence-corrected chi connectivity index (χ1v) is 7.78. The fourth-order valence-corrected chi connectivity index (χ4v) is 2.82. The number of hydrogen-bond donors (Lipinski definition) is 1. The van der Waals surface area contributed by atoms with E-state index in [4.69, 9.17) is 14.2 Å². The average Bonchev–Trinajstić information content (AvgIpc) is 3.08. The van der Waals surface area contributed by atoms with Crippen LogP contribution in [0.1, 0.15) is 23.5 Å². The highest BCUT2D eigenvalue weighted by molar-refractivity contribution is 5.54. The molecule has 1 heterocycles. The SMILES string of the molecule is C=Cn1ccnc1C(C(O)c1cc(OC)c(OC)c(OC)c1)N(C)C. The van der Waals surface area contributed by atoms with Crippen molar-refractivity contribution in [3.8, 4) is 17.2 Å². The fraction of sp³-hybridized carbons (Fsp3) is 0.389. The Hall–Kier alpha value is -2.51. The summed E-state index contributed by atoms with van der Waals surface area (Å²) in [5.41, 5.74) is 0.631. The largest absolute Gasteiger partial charge is 0.493 e. The van der Waals surface area contributed by atoms with Crippen molar-refractivity contribution in [2.24, 2.45) is 0 Å². The van der Waals surface area contributed by atoms with Crippen molar-refractivity contribution >= 4 is 6.20 Å². The number of hydrogen-bond acceptors (Lipinski definition) is 6. The van der Waals surface area contributed by atoms with Gasteiger partial charge >= 0.3 is 0 Å². The number of rotatable bonds is 8. The molecule has 1 aromatic carbocycles. The molecule has 2 aromatic rings. The summed E-state index contributed by atoms with van der Waals surface area (Å²) in [6.45, 7) is 3.78. The zero-order valence-corrected chi connectivity index (χ0v) is 15.3. The Kier molecular flexibility index (Phi) is 6.06. The molecular formula is C18H25N3O4. The van der Waals surface area contributed by atoms with E-state index in [2.05, 4.69) is 11.6 Å². The molecule has 2 atom stereocenters. The van der Waals surface area contributed by atoms with Gasteiger partial charge in [-0.25, -0.2) is 4.98 Å². The van der Waals surface area contributed by atoms with E-state index in [1.807, 2.05) is 19.0 Å². The summed E-state index contributed by atoms with van der Waals surface area (Å²) in [5.74, 6) is 2.14. The van der Waals surface area contributed by atoms with Gasteiger partial charge in [0.05, 0.1) is 27.4 Å².